The minimum Gasteiger partial charge on any atom is -1.00 e. The number of halogens is 1. The molecule has 0 radical (unpaired) electrons. The van der Waals surface area contributed by atoms with Crippen LogP contribution in [0.3, 0.4) is 0 Å². The number of nitrogens with one attached hydrogen (secondary N) is 2. The molecule has 0 aromatic heterocycles. The Bertz CT molecular complexity index is 78.4. The van der Waals surface area contributed by atoms with Gasteiger partial charge in [-0.25, -0.2) is 0 Å². The molecular formula is C8H18CoIN4O2-4. The summed E-state index contributed by atoms with van der Waals surface area (Å²) in [4.78, 5) is 0. The first-order valence-corrected chi connectivity index (χ1v) is 4.55. The maximum Gasteiger partial charge on any atom is 3.00 e. The van der Waals surface area contributed by atoms with Crippen molar-refractivity contribution in [2.75, 3.05) is 52.5 Å². The van der Waals surface area contributed by atoms with Crippen LogP contribution in [0, 0.1) is 0 Å². The molecule has 0 bridgehead atoms. The van der Waals surface area contributed by atoms with Crippen LogP contribution < -0.4 is 34.2 Å². The van der Waals surface area contributed by atoms with Crippen molar-refractivity contribution >= 4 is 0 Å². The molecule has 0 unspecified atom stereocenters. The fraction of sp³-hybridized carbons (Fsp3) is 1.00. The fourth-order valence-electron chi connectivity index (χ4n) is 0.511. The van der Waals surface area contributed by atoms with Gasteiger partial charge >= 0.3 is 16.8 Å². The molecular weight excluding hydrogens is 370 g/mol. The number of hydrogen-bond donors (Lipinski definition) is 0. The molecule has 16 heavy (non-hydrogen) atoms. The van der Waals surface area contributed by atoms with Gasteiger partial charge in [0, 0.05) is 0 Å². The van der Waals surface area contributed by atoms with E-state index in [1.165, 1.54) is 0 Å². The zero-order valence-electron chi connectivity index (χ0n) is 9.08. The standard InChI is InChI=1S/2C4H9N2O.Co.HI/c2*5-1-2-6-3-4-7;;/h2*5H,1-4H2;;1H/q2*-3;+3;/p-1. The Morgan fingerprint density at radius 2 is 1.06 bits per heavy atom. The molecule has 8 heteroatoms. The Balaban J connectivity index is -0.0000000800. The summed E-state index contributed by atoms with van der Waals surface area (Å²) in [5.41, 5.74) is 13.2. The van der Waals surface area contributed by atoms with Gasteiger partial charge in [-0.3, -0.25) is 0 Å². The first kappa shape index (κ1) is 25.7. The summed E-state index contributed by atoms with van der Waals surface area (Å²) >= 11 is 0. The minimum absolute atomic E-state index is 0. The summed E-state index contributed by atoms with van der Waals surface area (Å²) in [5, 5.41) is 26.7. The van der Waals surface area contributed by atoms with Crippen molar-refractivity contribution in [3.63, 3.8) is 0 Å². The minimum atomic E-state index is -0.139. The molecule has 0 amide bonds. The predicted molar refractivity (Wildman–Crippen MR) is 54.3 cm³/mol. The third-order valence-corrected chi connectivity index (χ3v) is 1.04. The van der Waals surface area contributed by atoms with Crippen molar-refractivity contribution in [1.29, 1.82) is 0 Å². The molecule has 0 saturated carbocycles. The van der Waals surface area contributed by atoms with Crippen LogP contribution >= 0.6 is 0 Å². The van der Waals surface area contributed by atoms with Crippen LogP contribution in [0.5, 0.6) is 0 Å². The molecule has 0 aromatic rings. The first-order chi connectivity index (χ1) is 6.83. The average Bonchev–Trinajstić information content (AvgIpc) is 2.21. The van der Waals surface area contributed by atoms with Gasteiger partial charge in [-0.1, -0.05) is 0 Å². The second kappa shape index (κ2) is 29.8. The van der Waals surface area contributed by atoms with Gasteiger partial charge in [0.25, 0.3) is 0 Å². The van der Waals surface area contributed by atoms with Gasteiger partial charge in [-0.05, 0) is 0 Å². The second-order valence-electron chi connectivity index (χ2n) is 2.25. The molecule has 0 aliphatic heterocycles. The zero-order chi connectivity index (χ0) is 11.1. The Labute approximate surface area is 125 Å². The number of hydrogen-bond acceptors (Lipinski definition) is 2. The summed E-state index contributed by atoms with van der Waals surface area (Å²) in [7, 11) is 0. The number of nitrogens with zero attached hydrogens (tertiary/aromatic N) is 2. The summed E-state index contributed by atoms with van der Waals surface area (Å²) < 4.78 is 0. The fourth-order valence-corrected chi connectivity index (χ4v) is 0.511. The third kappa shape index (κ3) is 36.3. The van der Waals surface area contributed by atoms with Crippen molar-refractivity contribution in [2.24, 2.45) is 0 Å². The molecule has 0 rings (SSSR count). The summed E-state index contributed by atoms with van der Waals surface area (Å²) in [5.74, 6) is 0. The maximum atomic E-state index is 9.65. The van der Waals surface area contributed by atoms with Crippen LogP contribution in [0.25, 0.3) is 22.1 Å². The molecule has 2 N–H and O–H groups in total. The first-order valence-electron chi connectivity index (χ1n) is 4.55. The SMILES string of the molecule is [Co+3].[I-].[NH-]CC[N-]CC[O-].[NH-]CC[N-]CC[O-]. The van der Waals surface area contributed by atoms with Crippen LogP contribution in [-0.4, -0.2) is 52.5 Å². The Morgan fingerprint density at radius 3 is 1.25 bits per heavy atom. The van der Waals surface area contributed by atoms with Crippen LogP contribution in [0.4, 0.5) is 0 Å². The Morgan fingerprint density at radius 1 is 0.750 bits per heavy atom. The Kier molecular flexibility index (Phi) is 47.9. The second-order valence-corrected chi connectivity index (χ2v) is 2.25. The van der Waals surface area contributed by atoms with E-state index in [4.69, 9.17) is 11.5 Å². The summed E-state index contributed by atoms with van der Waals surface area (Å²) in [6, 6.07) is 0. The monoisotopic (exact) mass is 388 g/mol. The van der Waals surface area contributed by atoms with Gasteiger partial charge in [-0.15, -0.1) is 0 Å². The Hall–Kier alpha value is 0.996. The van der Waals surface area contributed by atoms with E-state index in [9.17, 15) is 10.2 Å². The van der Waals surface area contributed by atoms with E-state index in [2.05, 4.69) is 10.6 Å². The van der Waals surface area contributed by atoms with Gasteiger partial charge in [0.15, 0.2) is 0 Å². The van der Waals surface area contributed by atoms with Gasteiger partial charge in [-0.2, -0.15) is 52.5 Å². The molecule has 0 aromatic carbocycles. The van der Waals surface area contributed by atoms with E-state index < -0.39 is 0 Å². The molecule has 0 atom stereocenters. The molecule has 0 fully saturated rings. The van der Waals surface area contributed by atoms with Crippen molar-refractivity contribution < 1.29 is 51.0 Å². The van der Waals surface area contributed by atoms with Crippen LogP contribution in [0.1, 0.15) is 0 Å². The molecule has 0 saturated heterocycles. The van der Waals surface area contributed by atoms with Crippen molar-refractivity contribution in [1.82, 2.24) is 0 Å². The van der Waals surface area contributed by atoms with E-state index in [0.29, 0.717) is 39.3 Å². The van der Waals surface area contributed by atoms with E-state index in [-0.39, 0.29) is 54.0 Å². The largest absolute Gasteiger partial charge is 3.00 e. The van der Waals surface area contributed by atoms with E-state index in [1.807, 2.05) is 0 Å². The average molecular weight is 388 g/mol. The normalized spacial score (nSPS) is 8.25. The third-order valence-electron chi connectivity index (χ3n) is 1.04. The van der Waals surface area contributed by atoms with Crippen molar-refractivity contribution in [3.05, 3.63) is 22.1 Å². The zero-order valence-corrected chi connectivity index (χ0v) is 12.3. The van der Waals surface area contributed by atoms with Crippen molar-refractivity contribution in [3.8, 4) is 0 Å². The molecule has 102 valence electrons. The van der Waals surface area contributed by atoms with E-state index in [1.54, 1.807) is 0 Å². The van der Waals surface area contributed by atoms with Gasteiger partial charge in [0.05, 0.1) is 0 Å². The van der Waals surface area contributed by atoms with Crippen LogP contribution in [0.15, 0.2) is 0 Å². The van der Waals surface area contributed by atoms with E-state index in [0.717, 1.165) is 0 Å². The van der Waals surface area contributed by atoms with Gasteiger partial charge in [0.2, 0.25) is 0 Å². The smallest absolute Gasteiger partial charge is 1.00 e. The molecule has 0 heterocycles. The van der Waals surface area contributed by atoms with Gasteiger partial charge < -0.3 is 56.3 Å². The molecule has 0 aliphatic carbocycles. The van der Waals surface area contributed by atoms with Crippen LogP contribution in [-0.2, 0) is 16.8 Å². The molecule has 0 aliphatic rings. The van der Waals surface area contributed by atoms with Crippen LogP contribution in [0.2, 0.25) is 0 Å². The van der Waals surface area contributed by atoms with Crippen molar-refractivity contribution in [2.45, 2.75) is 0 Å². The quantitative estimate of drug-likeness (QED) is 0.317. The van der Waals surface area contributed by atoms with Gasteiger partial charge in [0.1, 0.15) is 0 Å². The molecule has 6 nitrogen and oxygen atoms in total. The molecule has 0 spiro atoms. The number of rotatable bonds is 8. The topological polar surface area (TPSA) is 122 Å². The summed E-state index contributed by atoms with van der Waals surface area (Å²) in [6.07, 6.45) is 0. The predicted octanol–water partition coefficient (Wildman–Crippen LogP) is -3.45. The summed E-state index contributed by atoms with van der Waals surface area (Å²) in [6.45, 7) is 2.11. The van der Waals surface area contributed by atoms with E-state index >= 15 is 0 Å². The maximum absolute atomic E-state index is 9.65.